The molecule has 0 radical (unpaired) electrons. The van der Waals surface area contributed by atoms with Crippen LogP contribution >= 0.6 is 11.6 Å². The number of methoxy groups -OCH3 is 1. The Balaban J connectivity index is 1.37. The van der Waals surface area contributed by atoms with Crippen LogP contribution in [0.15, 0.2) is 60.2 Å². The monoisotopic (exact) mass is 579 g/mol. The zero-order valence-corrected chi connectivity index (χ0v) is 22.8. The van der Waals surface area contributed by atoms with Gasteiger partial charge in [0.25, 0.3) is 0 Å². The number of carbonyl (C=O) groups excluding carboxylic acids is 1. The minimum absolute atomic E-state index is 0.290. The molecule has 4 aromatic rings. The van der Waals surface area contributed by atoms with E-state index in [4.69, 9.17) is 31.3 Å². The lowest BCUT2D eigenvalue weighted by Crippen LogP contribution is -2.40. The molecule has 2 aromatic carbocycles. The number of halogens is 1. The van der Waals surface area contributed by atoms with E-state index >= 15 is 0 Å². The summed E-state index contributed by atoms with van der Waals surface area (Å²) in [6, 6.07) is 11.8. The minimum Gasteiger partial charge on any atom is -0.496 e. The Morgan fingerprint density at radius 2 is 2.05 bits per heavy atom. The number of hydrogen-bond donors (Lipinski definition) is 3. The van der Waals surface area contributed by atoms with Gasteiger partial charge in [-0.05, 0) is 29.8 Å². The number of nitrogens with one attached hydrogen (secondary N) is 2. The molecule has 212 valence electrons. The summed E-state index contributed by atoms with van der Waals surface area (Å²) in [7, 11) is 3.03. The summed E-state index contributed by atoms with van der Waals surface area (Å²) in [5.74, 6) is 1.22. The summed E-state index contributed by atoms with van der Waals surface area (Å²) in [4.78, 5) is 28.1. The number of nitrogens with zero attached hydrogens (tertiary/aromatic N) is 7. The highest BCUT2D eigenvalue weighted by molar-refractivity contribution is 6.30. The second-order valence-electron chi connectivity index (χ2n) is 9.00. The fraction of sp³-hybridized carbons (Fsp3) is 0.308. The number of imidazole rings is 1. The molecular formula is C26H26ClN9O5. The quantitative estimate of drug-likeness (QED) is 0.144. The molecule has 1 amide bonds. The number of anilines is 1. The van der Waals surface area contributed by atoms with Crippen LogP contribution in [-0.2, 0) is 22.7 Å². The molecule has 1 fully saturated rings. The first-order valence-corrected chi connectivity index (χ1v) is 12.9. The van der Waals surface area contributed by atoms with Gasteiger partial charge in [-0.2, -0.15) is 0 Å². The van der Waals surface area contributed by atoms with E-state index in [0.29, 0.717) is 40.9 Å². The van der Waals surface area contributed by atoms with Crippen molar-refractivity contribution in [2.45, 2.75) is 37.6 Å². The molecule has 14 nitrogen and oxygen atoms in total. The number of rotatable bonds is 10. The van der Waals surface area contributed by atoms with Crippen LogP contribution in [0.25, 0.3) is 21.6 Å². The molecule has 0 aliphatic carbocycles. The normalized spacial score (nSPS) is 19.9. The lowest BCUT2D eigenvalue weighted by Gasteiger charge is -2.17. The summed E-state index contributed by atoms with van der Waals surface area (Å²) >= 11 is 6.29. The molecule has 0 unspecified atom stereocenters. The molecule has 3 heterocycles. The van der Waals surface area contributed by atoms with Crippen LogP contribution in [0.4, 0.5) is 5.82 Å². The van der Waals surface area contributed by atoms with Gasteiger partial charge in [0, 0.05) is 34.7 Å². The average molecular weight is 580 g/mol. The maximum Gasteiger partial charge on any atom is 0.249 e. The second kappa shape index (κ2) is 12.3. The predicted octanol–water partition coefficient (Wildman–Crippen LogP) is 3.36. The van der Waals surface area contributed by atoms with Crippen molar-refractivity contribution in [3.8, 4) is 11.5 Å². The molecule has 2 aromatic heterocycles. The van der Waals surface area contributed by atoms with Gasteiger partial charge in [-0.15, -0.1) is 0 Å². The van der Waals surface area contributed by atoms with Gasteiger partial charge < -0.3 is 30.0 Å². The van der Waals surface area contributed by atoms with Crippen molar-refractivity contribution in [3.63, 3.8) is 0 Å². The number of amides is 1. The van der Waals surface area contributed by atoms with Gasteiger partial charge in [0.05, 0.1) is 13.4 Å². The highest BCUT2D eigenvalue weighted by Crippen LogP contribution is 2.34. The predicted molar refractivity (Wildman–Crippen MR) is 148 cm³/mol. The van der Waals surface area contributed by atoms with E-state index in [1.807, 2.05) is 24.3 Å². The van der Waals surface area contributed by atoms with Crippen molar-refractivity contribution >= 4 is 34.5 Å². The number of benzene rings is 2. The number of para-hydroxylation sites is 1. The molecule has 0 bridgehead atoms. The van der Waals surface area contributed by atoms with Crippen LogP contribution in [0.3, 0.4) is 0 Å². The number of aromatic nitrogens is 4. The third kappa shape index (κ3) is 5.67. The van der Waals surface area contributed by atoms with Gasteiger partial charge in [0.1, 0.15) is 42.7 Å². The molecule has 4 atom stereocenters. The standard InChI is InChI=1S/C26H26ClN9O5/c1-29-25(38)22-19(34-35-28)21(37)26(41-22)36-13-33-20-23(31-12-32-24(20)36)30-10-15-9-16(27)7-8-18(15)40-11-14-5-3-4-6-17(14)39-2/h3-9,12-13,19,21-22,26,37H,10-11H2,1-2H3,(H,29,38)(H,30,31,32)/t19-,21+,22-,26+/m0/s1. The summed E-state index contributed by atoms with van der Waals surface area (Å²) < 4.78 is 18.8. The van der Waals surface area contributed by atoms with Crippen molar-refractivity contribution in [3.05, 3.63) is 81.7 Å². The van der Waals surface area contributed by atoms with E-state index in [2.05, 4.69) is 35.6 Å². The van der Waals surface area contributed by atoms with Crippen molar-refractivity contribution in [1.82, 2.24) is 24.8 Å². The highest BCUT2D eigenvalue weighted by Gasteiger charge is 2.48. The first-order chi connectivity index (χ1) is 19.9. The first kappa shape index (κ1) is 27.9. The van der Waals surface area contributed by atoms with Crippen molar-refractivity contribution in [2.24, 2.45) is 5.11 Å². The van der Waals surface area contributed by atoms with Crippen LogP contribution in [0.5, 0.6) is 11.5 Å². The fourth-order valence-electron chi connectivity index (χ4n) is 4.59. The van der Waals surface area contributed by atoms with Gasteiger partial charge in [-0.25, -0.2) is 15.0 Å². The molecular weight excluding hydrogens is 554 g/mol. The number of carbonyl (C=O) groups is 1. The third-order valence-corrected chi connectivity index (χ3v) is 6.84. The Kier molecular flexibility index (Phi) is 8.36. The molecule has 1 aliphatic rings. The van der Waals surface area contributed by atoms with E-state index in [0.717, 1.165) is 16.9 Å². The Hall–Kier alpha value is -4.62. The summed E-state index contributed by atoms with van der Waals surface area (Å²) in [5.41, 5.74) is 11.3. The Bertz CT molecular complexity index is 1610. The Morgan fingerprint density at radius 3 is 2.83 bits per heavy atom. The van der Waals surface area contributed by atoms with E-state index < -0.39 is 30.4 Å². The van der Waals surface area contributed by atoms with Gasteiger partial charge in [0.15, 0.2) is 23.2 Å². The second-order valence-corrected chi connectivity index (χ2v) is 9.44. The number of likely N-dealkylation sites (N-methyl/N-ethyl adjacent to an activating group) is 1. The van der Waals surface area contributed by atoms with Crippen molar-refractivity contribution < 1.29 is 24.1 Å². The first-order valence-electron chi connectivity index (χ1n) is 12.5. The van der Waals surface area contributed by atoms with E-state index in [1.165, 1.54) is 24.3 Å². The smallest absolute Gasteiger partial charge is 0.249 e. The van der Waals surface area contributed by atoms with Crippen LogP contribution in [0.1, 0.15) is 17.4 Å². The number of azide groups is 1. The molecule has 1 saturated heterocycles. The molecule has 0 saturated carbocycles. The lowest BCUT2D eigenvalue weighted by atomic mass is 10.1. The molecule has 0 spiro atoms. The summed E-state index contributed by atoms with van der Waals surface area (Å²) in [6.45, 7) is 0.583. The Labute approximate surface area is 238 Å². The van der Waals surface area contributed by atoms with Gasteiger partial charge >= 0.3 is 0 Å². The van der Waals surface area contributed by atoms with E-state index in [1.54, 1.807) is 25.3 Å². The van der Waals surface area contributed by atoms with Gasteiger partial charge in [0.2, 0.25) is 5.91 Å². The number of ether oxygens (including phenoxy) is 3. The Morgan fingerprint density at radius 1 is 1.22 bits per heavy atom. The van der Waals surface area contributed by atoms with Crippen LogP contribution in [0.2, 0.25) is 5.02 Å². The maximum absolute atomic E-state index is 12.3. The number of hydrogen-bond acceptors (Lipinski definition) is 10. The average Bonchev–Trinajstić information content (AvgIpc) is 3.56. The summed E-state index contributed by atoms with van der Waals surface area (Å²) in [5, 5.41) is 20.7. The SMILES string of the molecule is CNC(=O)[C@H]1O[C@@H](n2cnc3c(NCc4cc(Cl)ccc4OCc4ccccc4OC)ncnc32)[C@H](O)[C@@H]1N=[N+]=[N-]. The highest BCUT2D eigenvalue weighted by atomic mass is 35.5. The number of fused-ring (bicyclic) bond motifs is 1. The molecule has 1 aliphatic heterocycles. The van der Waals surface area contributed by atoms with E-state index in [9.17, 15) is 9.90 Å². The maximum atomic E-state index is 12.3. The molecule has 3 N–H and O–H groups in total. The van der Waals surface area contributed by atoms with E-state index in [-0.39, 0.29) is 0 Å². The van der Waals surface area contributed by atoms with Crippen LogP contribution < -0.4 is 20.1 Å². The zero-order chi connectivity index (χ0) is 28.9. The van der Waals surface area contributed by atoms with Gasteiger partial charge in [-0.3, -0.25) is 9.36 Å². The topological polar surface area (TPSA) is 181 Å². The molecule has 5 rings (SSSR count). The molecule has 15 heteroatoms. The zero-order valence-electron chi connectivity index (χ0n) is 22.0. The number of aliphatic hydroxyl groups excluding tert-OH is 1. The minimum atomic E-state index is -1.33. The fourth-order valence-corrected chi connectivity index (χ4v) is 4.78. The third-order valence-electron chi connectivity index (χ3n) is 6.61. The summed E-state index contributed by atoms with van der Waals surface area (Å²) in [6.07, 6.45) is -0.846. The van der Waals surface area contributed by atoms with Crippen LogP contribution in [0, 0.1) is 0 Å². The largest absolute Gasteiger partial charge is 0.496 e. The molecule has 41 heavy (non-hydrogen) atoms. The van der Waals surface area contributed by atoms with Crippen LogP contribution in [-0.4, -0.2) is 62.9 Å². The lowest BCUT2D eigenvalue weighted by molar-refractivity contribution is -0.134. The number of aliphatic hydroxyl groups is 1. The van der Waals surface area contributed by atoms with Gasteiger partial charge in [-0.1, -0.05) is 34.9 Å². The van der Waals surface area contributed by atoms with Crippen molar-refractivity contribution in [1.29, 1.82) is 0 Å². The van der Waals surface area contributed by atoms with Crippen molar-refractivity contribution in [2.75, 3.05) is 19.5 Å².